The number of methoxy groups -OCH3 is 3. The predicted octanol–water partition coefficient (Wildman–Crippen LogP) is 6.12. The molecule has 272 valence electrons. The van der Waals surface area contributed by atoms with Gasteiger partial charge in [-0.1, -0.05) is 0 Å². The number of hydrogen-bond donors (Lipinski definition) is 1. The van der Waals surface area contributed by atoms with Crippen LogP contribution in [-0.4, -0.2) is 68.6 Å². The van der Waals surface area contributed by atoms with Crippen molar-refractivity contribution in [3.8, 4) is 0 Å². The lowest BCUT2D eigenvalue weighted by Gasteiger charge is -2.20. The number of carbonyl (C=O) groups excluding carboxylic acids is 4. The fourth-order valence-electron chi connectivity index (χ4n) is 4.95. The summed E-state index contributed by atoms with van der Waals surface area (Å²) in [6.45, 7) is 2.71. The molecular formula is C33H38F6O10. The highest BCUT2D eigenvalue weighted by molar-refractivity contribution is 5.89. The Morgan fingerprint density at radius 3 is 1.49 bits per heavy atom. The van der Waals surface area contributed by atoms with E-state index in [0.717, 1.165) is 0 Å². The maximum atomic E-state index is 12.9. The SMILES string of the molecule is COC(=O)C1=C[C@@H](O)CC1.COC(=O)C1=C[C@@H](OC(C)=O)CC1.COC(=O)C1=C[C@@H](O[C@H](C)c2cc(C(F)(F)F)cc(C(F)(F)F)c2)CC1. The van der Waals surface area contributed by atoms with E-state index in [1.807, 2.05) is 0 Å². The topological polar surface area (TPSA) is 135 Å². The fraction of sp³-hybridized carbons (Fsp3) is 0.515. The van der Waals surface area contributed by atoms with Crippen LogP contribution in [-0.2, 0) is 55.2 Å². The van der Waals surface area contributed by atoms with Crippen molar-refractivity contribution in [3.05, 3.63) is 69.8 Å². The van der Waals surface area contributed by atoms with Crippen LogP contribution in [0, 0.1) is 0 Å². The molecule has 0 saturated heterocycles. The molecule has 0 bridgehead atoms. The quantitative estimate of drug-likeness (QED) is 0.201. The van der Waals surface area contributed by atoms with E-state index in [9.17, 15) is 45.5 Å². The number of aliphatic hydroxyl groups is 1. The second kappa shape index (κ2) is 18.0. The second-order valence-electron chi connectivity index (χ2n) is 11.0. The normalized spacial score (nSPS) is 20.7. The number of rotatable bonds is 7. The van der Waals surface area contributed by atoms with Gasteiger partial charge < -0.3 is 28.8 Å². The third-order valence-electron chi connectivity index (χ3n) is 7.39. The van der Waals surface area contributed by atoms with Crippen LogP contribution < -0.4 is 0 Å². The van der Waals surface area contributed by atoms with E-state index in [0.29, 0.717) is 67.4 Å². The van der Waals surface area contributed by atoms with Gasteiger partial charge in [-0.15, -0.1) is 0 Å². The Hall–Kier alpha value is -4.18. The molecule has 3 aliphatic carbocycles. The largest absolute Gasteiger partial charge is 0.466 e. The standard InChI is InChI=1S/C17H16F6O3.C9H12O4.C7H10O3/c1-9(26-14-4-3-10(7-14)15(24)25-2)11-5-12(16(18,19)20)8-13(6-11)17(21,22)23;1-6(10)13-8-4-3-7(5-8)9(11)12-2;1-10-7(9)5-2-3-6(8)4-5/h5-9,14H,3-4H2,1-2H3;5,8H,3-4H2,1-2H3;4,6,8H,2-3H2,1H3/t9-,14+;8-;6-/m100/s1. The number of aliphatic hydroxyl groups excluding tert-OH is 1. The summed E-state index contributed by atoms with van der Waals surface area (Å²) in [5.74, 6) is -1.53. The lowest BCUT2D eigenvalue weighted by molar-refractivity contribution is -0.145. The molecule has 0 fully saturated rings. The van der Waals surface area contributed by atoms with Crippen molar-refractivity contribution in [2.75, 3.05) is 21.3 Å². The van der Waals surface area contributed by atoms with Crippen LogP contribution in [0.3, 0.4) is 0 Å². The minimum Gasteiger partial charge on any atom is -0.466 e. The summed E-state index contributed by atoms with van der Waals surface area (Å²) >= 11 is 0. The monoisotopic (exact) mass is 708 g/mol. The summed E-state index contributed by atoms with van der Waals surface area (Å²) in [5, 5.41) is 8.96. The van der Waals surface area contributed by atoms with E-state index in [1.54, 1.807) is 12.2 Å². The smallest absolute Gasteiger partial charge is 0.416 e. The zero-order valence-electron chi connectivity index (χ0n) is 27.4. The van der Waals surface area contributed by atoms with Crippen molar-refractivity contribution in [2.24, 2.45) is 0 Å². The number of ether oxygens (including phenoxy) is 5. The molecule has 0 aromatic heterocycles. The first-order chi connectivity index (χ1) is 22.8. The summed E-state index contributed by atoms with van der Waals surface area (Å²) in [5.41, 5.74) is -1.48. The molecule has 0 aliphatic heterocycles. The Labute approximate surface area is 278 Å². The molecule has 4 atom stereocenters. The van der Waals surface area contributed by atoms with Gasteiger partial charge in [-0.05, 0) is 87.4 Å². The Morgan fingerprint density at radius 1 is 0.694 bits per heavy atom. The number of benzene rings is 1. The van der Waals surface area contributed by atoms with Gasteiger partial charge in [-0.25, -0.2) is 14.4 Å². The van der Waals surface area contributed by atoms with Gasteiger partial charge in [0.1, 0.15) is 6.10 Å². The van der Waals surface area contributed by atoms with E-state index in [2.05, 4.69) is 14.2 Å². The zero-order valence-corrected chi connectivity index (χ0v) is 27.4. The molecule has 49 heavy (non-hydrogen) atoms. The summed E-state index contributed by atoms with van der Waals surface area (Å²) in [6.07, 6.45) is -4.19. The molecular weight excluding hydrogens is 670 g/mol. The van der Waals surface area contributed by atoms with Gasteiger partial charge in [-0.2, -0.15) is 26.3 Å². The minimum absolute atomic E-state index is 0.0705. The van der Waals surface area contributed by atoms with E-state index in [1.165, 1.54) is 41.3 Å². The number of alkyl halides is 6. The third kappa shape index (κ3) is 13.0. The molecule has 0 radical (unpaired) electrons. The van der Waals surface area contributed by atoms with Crippen molar-refractivity contribution in [1.82, 2.24) is 0 Å². The van der Waals surface area contributed by atoms with Crippen molar-refractivity contribution in [1.29, 1.82) is 0 Å². The molecule has 1 aromatic carbocycles. The lowest BCUT2D eigenvalue weighted by Crippen LogP contribution is -2.15. The molecule has 3 aliphatic rings. The van der Waals surface area contributed by atoms with Gasteiger partial charge >= 0.3 is 36.2 Å². The molecule has 4 rings (SSSR count). The van der Waals surface area contributed by atoms with E-state index in [-0.39, 0.29) is 35.6 Å². The van der Waals surface area contributed by atoms with Crippen molar-refractivity contribution < 1.29 is 74.3 Å². The molecule has 16 heteroatoms. The Bertz CT molecular complexity index is 1410. The Balaban J connectivity index is 0.000000299. The molecule has 1 N–H and O–H groups in total. The van der Waals surface area contributed by atoms with E-state index < -0.39 is 47.8 Å². The van der Waals surface area contributed by atoms with Gasteiger partial charge in [0.15, 0.2) is 0 Å². The number of carbonyl (C=O) groups is 4. The second-order valence-corrected chi connectivity index (χ2v) is 11.0. The van der Waals surface area contributed by atoms with Gasteiger partial charge in [0, 0.05) is 23.6 Å². The first-order valence-electron chi connectivity index (χ1n) is 15.0. The average molecular weight is 709 g/mol. The van der Waals surface area contributed by atoms with E-state index in [4.69, 9.17) is 14.6 Å². The summed E-state index contributed by atoms with van der Waals surface area (Å²) < 4.78 is 102. The van der Waals surface area contributed by atoms with Crippen molar-refractivity contribution >= 4 is 23.9 Å². The van der Waals surface area contributed by atoms with Gasteiger partial charge in [0.2, 0.25) is 0 Å². The summed E-state index contributed by atoms with van der Waals surface area (Å²) in [4.78, 5) is 43.8. The Kier molecular flexibility index (Phi) is 15.1. The van der Waals surface area contributed by atoms with Crippen molar-refractivity contribution in [2.45, 2.75) is 89.1 Å². The maximum absolute atomic E-state index is 12.9. The van der Waals surface area contributed by atoms with Crippen LogP contribution in [0.25, 0.3) is 0 Å². The molecule has 0 heterocycles. The highest BCUT2D eigenvalue weighted by Crippen LogP contribution is 2.38. The zero-order chi connectivity index (χ0) is 37.1. The highest BCUT2D eigenvalue weighted by atomic mass is 19.4. The molecule has 1 aromatic rings. The first-order valence-corrected chi connectivity index (χ1v) is 15.0. The number of esters is 4. The van der Waals surface area contributed by atoms with Crippen LogP contribution in [0.1, 0.15) is 75.2 Å². The molecule has 0 unspecified atom stereocenters. The van der Waals surface area contributed by atoms with Crippen molar-refractivity contribution in [3.63, 3.8) is 0 Å². The average Bonchev–Trinajstić information content (AvgIpc) is 3.81. The van der Waals surface area contributed by atoms with Crippen LogP contribution in [0.4, 0.5) is 26.3 Å². The molecule has 10 nitrogen and oxygen atoms in total. The fourth-order valence-corrected chi connectivity index (χ4v) is 4.95. The molecule has 0 saturated carbocycles. The van der Waals surface area contributed by atoms with Crippen LogP contribution in [0.5, 0.6) is 0 Å². The molecule has 0 spiro atoms. The summed E-state index contributed by atoms with van der Waals surface area (Å²) in [7, 11) is 3.89. The number of hydrogen-bond acceptors (Lipinski definition) is 10. The van der Waals surface area contributed by atoms with Crippen LogP contribution in [0.2, 0.25) is 0 Å². The summed E-state index contributed by atoms with van der Waals surface area (Å²) in [6, 6.07) is 1.35. The predicted molar refractivity (Wildman–Crippen MR) is 159 cm³/mol. The van der Waals surface area contributed by atoms with Gasteiger partial charge in [0.25, 0.3) is 0 Å². The first kappa shape index (κ1) is 41.0. The minimum atomic E-state index is -4.92. The van der Waals surface area contributed by atoms with Crippen LogP contribution in [0.15, 0.2) is 53.1 Å². The van der Waals surface area contributed by atoms with Crippen LogP contribution >= 0.6 is 0 Å². The maximum Gasteiger partial charge on any atom is 0.416 e. The Morgan fingerprint density at radius 2 is 1.10 bits per heavy atom. The van der Waals surface area contributed by atoms with E-state index >= 15 is 0 Å². The van der Waals surface area contributed by atoms with Gasteiger partial charge in [0.05, 0.1) is 50.8 Å². The number of halogens is 6. The third-order valence-corrected chi connectivity index (χ3v) is 7.39. The van der Waals surface area contributed by atoms with Gasteiger partial charge in [-0.3, -0.25) is 4.79 Å². The lowest BCUT2D eigenvalue weighted by atomic mass is 10.0. The molecule has 0 amide bonds. The highest BCUT2D eigenvalue weighted by Gasteiger charge is 2.37.